The van der Waals surface area contributed by atoms with Gasteiger partial charge in [-0.05, 0) is 6.42 Å². The Hall–Kier alpha value is -0.990. The lowest BCUT2D eigenvalue weighted by molar-refractivity contribution is -0.144. The van der Waals surface area contributed by atoms with Crippen molar-refractivity contribution in [1.82, 2.24) is 0 Å². The molecule has 0 aliphatic carbocycles. The van der Waals surface area contributed by atoms with E-state index < -0.39 is 26.4 Å². The smallest absolute Gasteiger partial charge is 0.472 e. The van der Waals surface area contributed by atoms with E-state index >= 15 is 0 Å². The number of esters is 1. The van der Waals surface area contributed by atoms with Gasteiger partial charge < -0.3 is 20.5 Å². The summed E-state index contributed by atoms with van der Waals surface area (Å²) in [5.74, 6) is -1.63. The molecule has 2 atom stereocenters. The summed E-state index contributed by atoms with van der Waals surface area (Å²) in [6.07, 6.45) is 16.8. The van der Waals surface area contributed by atoms with Gasteiger partial charge in [0.05, 0.1) is 19.8 Å². The maximum Gasteiger partial charge on any atom is 0.472 e. The molecule has 0 aliphatic heterocycles. The van der Waals surface area contributed by atoms with E-state index in [9.17, 15) is 19.0 Å². The fourth-order valence-corrected chi connectivity index (χ4v) is 3.85. The van der Waals surface area contributed by atoms with Crippen LogP contribution in [0.15, 0.2) is 0 Å². The molecule has 4 N–H and O–H groups in total. The highest BCUT2D eigenvalue weighted by Crippen LogP contribution is 2.43. The van der Waals surface area contributed by atoms with Crippen LogP contribution in [0.2, 0.25) is 0 Å². The van der Waals surface area contributed by atoms with E-state index in [4.69, 9.17) is 15.6 Å². The molecule has 1 unspecified atom stereocenters. The zero-order valence-corrected chi connectivity index (χ0v) is 20.6. The average molecular weight is 482 g/mol. The van der Waals surface area contributed by atoms with E-state index in [2.05, 4.69) is 16.0 Å². The summed E-state index contributed by atoms with van der Waals surface area (Å²) in [5, 5.41) is 8.58. The fraction of sp³-hybridized carbons (Fsp3) is 0.909. The minimum Gasteiger partial charge on any atom is -0.480 e. The van der Waals surface area contributed by atoms with Gasteiger partial charge in [0.15, 0.2) is 0 Å². The standard InChI is InChI=1S/C22H44NO8P/c1-2-3-4-5-6-7-8-9-10-11-12-13-14-16-21(24)29-17-15-18-30-32(27,28)31-19-20(23)22(25)26/h20H,2-19,23H2,1H3,(H,25,26)(H,27,28)/t20-/m0/s1. The third-order valence-corrected chi connectivity index (χ3v) is 6.01. The van der Waals surface area contributed by atoms with E-state index in [1.165, 1.54) is 64.2 Å². The Kier molecular flexibility index (Phi) is 20.0. The van der Waals surface area contributed by atoms with Gasteiger partial charge in [0, 0.05) is 12.8 Å². The maximum atomic E-state index is 11.7. The number of nitrogens with two attached hydrogens (primary N) is 1. The van der Waals surface area contributed by atoms with Crippen LogP contribution < -0.4 is 5.73 Å². The minimum atomic E-state index is -4.38. The highest BCUT2D eigenvalue weighted by molar-refractivity contribution is 7.47. The number of phosphoric ester groups is 1. The molecule has 0 heterocycles. The van der Waals surface area contributed by atoms with Gasteiger partial charge in [-0.1, -0.05) is 84.0 Å². The maximum absolute atomic E-state index is 11.7. The van der Waals surface area contributed by atoms with Crippen LogP contribution in [-0.4, -0.2) is 47.8 Å². The quantitative estimate of drug-likeness (QED) is 0.105. The van der Waals surface area contributed by atoms with Crippen LogP contribution in [0.1, 0.15) is 103 Å². The first kappa shape index (κ1) is 31.0. The predicted molar refractivity (Wildman–Crippen MR) is 123 cm³/mol. The van der Waals surface area contributed by atoms with Gasteiger partial charge in [-0.15, -0.1) is 0 Å². The van der Waals surface area contributed by atoms with Crippen LogP contribution in [0, 0.1) is 0 Å². The molecule has 0 amide bonds. The number of aliphatic carboxylic acids is 1. The SMILES string of the molecule is CCCCCCCCCCCCCCCC(=O)OCCCOP(=O)(O)OC[C@H](N)C(=O)O. The molecular weight excluding hydrogens is 437 g/mol. The molecule has 0 aliphatic rings. The molecule has 0 saturated carbocycles. The molecule has 190 valence electrons. The Labute approximate surface area is 193 Å². The van der Waals surface area contributed by atoms with E-state index in [1.807, 2.05) is 0 Å². The van der Waals surface area contributed by atoms with E-state index in [0.29, 0.717) is 6.42 Å². The molecule has 10 heteroatoms. The number of phosphoric acid groups is 1. The zero-order chi connectivity index (χ0) is 24.1. The number of carbonyl (C=O) groups excluding carboxylic acids is 1. The fourth-order valence-electron chi connectivity index (χ4n) is 3.07. The molecule has 0 aromatic carbocycles. The molecule has 9 nitrogen and oxygen atoms in total. The first-order valence-corrected chi connectivity index (χ1v) is 13.5. The first-order valence-electron chi connectivity index (χ1n) is 12.0. The largest absolute Gasteiger partial charge is 0.480 e. The molecule has 0 saturated heterocycles. The normalized spacial score (nSPS) is 14.1. The second-order valence-corrected chi connectivity index (χ2v) is 9.56. The highest BCUT2D eigenvalue weighted by atomic mass is 31.2. The third kappa shape index (κ3) is 20.9. The van der Waals surface area contributed by atoms with Crippen molar-refractivity contribution in [3.8, 4) is 0 Å². The van der Waals surface area contributed by atoms with Crippen LogP contribution >= 0.6 is 7.82 Å². The van der Waals surface area contributed by atoms with Gasteiger partial charge in [0.1, 0.15) is 6.04 Å². The van der Waals surface area contributed by atoms with Crippen molar-refractivity contribution in [2.75, 3.05) is 19.8 Å². The van der Waals surface area contributed by atoms with E-state index in [1.54, 1.807) is 0 Å². The van der Waals surface area contributed by atoms with Crippen molar-refractivity contribution in [2.45, 2.75) is 109 Å². The van der Waals surface area contributed by atoms with Crippen LogP contribution in [0.5, 0.6) is 0 Å². The van der Waals surface area contributed by atoms with Crippen LogP contribution in [0.3, 0.4) is 0 Å². The Morgan fingerprint density at radius 3 is 1.81 bits per heavy atom. The highest BCUT2D eigenvalue weighted by Gasteiger charge is 2.24. The number of rotatable bonds is 23. The van der Waals surface area contributed by atoms with E-state index in [-0.39, 0.29) is 25.6 Å². The number of ether oxygens (including phenoxy) is 1. The Morgan fingerprint density at radius 2 is 1.31 bits per heavy atom. The van der Waals surface area contributed by atoms with Crippen molar-refractivity contribution >= 4 is 19.8 Å². The summed E-state index contributed by atoms with van der Waals surface area (Å²) < 4.78 is 25.8. The number of carbonyl (C=O) groups is 2. The molecule has 0 radical (unpaired) electrons. The van der Waals surface area contributed by atoms with Gasteiger partial charge in [0.2, 0.25) is 0 Å². The first-order chi connectivity index (χ1) is 15.3. The Morgan fingerprint density at radius 1 is 0.812 bits per heavy atom. The van der Waals surface area contributed by atoms with Crippen molar-refractivity contribution in [3.05, 3.63) is 0 Å². The van der Waals surface area contributed by atoms with Crippen molar-refractivity contribution in [3.63, 3.8) is 0 Å². The van der Waals surface area contributed by atoms with Gasteiger partial charge in [-0.3, -0.25) is 18.6 Å². The Bertz CT molecular complexity index is 532. The van der Waals surface area contributed by atoms with Crippen LogP contribution in [0.4, 0.5) is 0 Å². The number of hydrogen-bond donors (Lipinski definition) is 3. The van der Waals surface area contributed by atoms with Crippen LogP contribution in [0.25, 0.3) is 0 Å². The zero-order valence-electron chi connectivity index (χ0n) is 19.7. The molecule has 0 aromatic rings. The lowest BCUT2D eigenvalue weighted by Gasteiger charge is -2.13. The monoisotopic (exact) mass is 481 g/mol. The van der Waals surface area contributed by atoms with Crippen molar-refractivity contribution in [2.24, 2.45) is 5.73 Å². The molecule has 0 bridgehead atoms. The molecular formula is C22H44NO8P. The second-order valence-electron chi connectivity index (χ2n) is 8.11. The lowest BCUT2D eigenvalue weighted by Crippen LogP contribution is -2.34. The topological polar surface area (TPSA) is 145 Å². The van der Waals surface area contributed by atoms with Gasteiger partial charge in [-0.25, -0.2) is 4.57 Å². The molecule has 0 aromatic heterocycles. The Balaban J connectivity index is 3.45. The minimum absolute atomic E-state index is 0.0753. The summed E-state index contributed by atoms with van der Waals surface area (Å²) in [6, 6.07) is -1.41. The number of unbranched alkanes of at least 4 members (excludes halogenated alkanes) is 12. The van der Waals surface area contributed by atoms with E-state index in [0.717, 1.165) is 19.3 Å². The van der Waals surface area contributed by atoms with Crippen LogP contribution in [-0.2, 0) is 27.9 Å². The summed E-state index contributed by atoms with van der Waals surface area (Å²) in [6.45, 7) is 1.51. The summed E-state index contributed by atoms with van der Waals surface area (Å²) in [7, 11) is -4.38. The summed E-state index contributed by atoms with van der Waals surface area (Å²) in [4.78, 5) is 31.6. The van der Waals surface area contributed by atoms with Gasteiger partial charge in [0.25, 0.3) is 0 Å². The lowest BCUT2D eigenvalue weighted by atomic mass is 10.0. The predicted octanol–water partition coefficient (Wildman–Crippen LogP) is 4.95. The third-order valence-electron chi connectivity index (χ3n) is 5.03. The summed E-state index contributed by atoms with van der Waals surface area (Å²) >= 11 is 0. The second kappa shape index (κ2) is 20.6. The number of carboxylic acids is 1. The average Bonchev–Trinajstić information content (AvgIpc) is 2.75. The van der Waals surface area contributed by atoms with Crippen molar-refractivity contribution in [1.29, 1.82) is 0 Å². The van der Waals surface area contributed by atoms with Gasteiger partial charge >= 0.3 is 19.8 Å². The van der Waals surface area contributed by atoms with Crippen molar-refractivity contribution < 1.29 is 37.9 Å². The number of hydrogen-bond acceptors (Lipinski definition) is 7. The summed E-state index contributed by atoms with van der Waals surface area (Å²) in [5.41, 5.74) is 5.17. The molecule has 32 heavy (non-hydrogen) atoms. The molecule has 0 rings (SSSR count). The molecule has 0 spiro atoms. The number of carboxylic acid groups (broad SMARTS) is 1. The van der Waals surface area contributed by atoms with Gasteiger partial charge in [-0.2, -0.15) is 0 Å². The molecule has 0 fully saturated rings.